The van der Waals surface area contributed by atoms with Crippen LogP contribution in [0.1, 0.15) is 62.5 Å². The van der Waals surface area contributed by atoms with Crippen LogP contribution in [-0.4, -0.2) is 11.2 Å². The molecule has 1 saturated carbocycles. The Morgan fingerprint density at radius 3 is 2.56 bits per heavy atom. The van der Waals surface area contributed by atoms with Gasteiger partial charge in [0.25, 0.3) is 0 Å². The Kier molecular flexibility index (Phi) is 4.81. The molecule has 1 heterocycles. The molecule has 2 rings (SSSR count). The normalized spacial score (nSPS) is 19.1. The summed E-state index contributed by atoms with van der Waals surface area (Å²) in [4.78, 5) is 0. The second-order valence-corrected chi connectivity index (χ2v) is 5.60. The zero-order valence-electron chi connectivity index (χ0n) is 12.0. The lowest BCUT2D eigenvalue weighted by molar-refractivity contribution is 0.261. The van der Waals surface area contributed by atoms with Gasteiger partial charge >= 0.3 is 0 Å². The number of aromatic nitrogens is 1. The minimum atomic E-state index is 0.652. The first-order chi connectivity index (χ1) is 8.72. The van der Waals surface area contributed by atoms with Crippen LogP contribution in [0.5, 0.6) is 0 Å². The Morgan fingerprint density at radius 2 is 2.00 bits per heavy atom. The lowest BCUT2D eigenvalue weighted by atomic mass is 9.83. The van der Waals surface area contributed by atoms with E-state index in [0.29, 0.717) is 6.04 Å². The predicted molar refractivity (Wildman–Crippen MR) is 73.5 cm³/mol. The monoisotopic (exact) mass is 250 g/mol. The van der Waals surface area contributed by atoms with Gasteiger partial charge in [-0.3, -0.25) is 0 Å². The Hall–Kier alpha value is -0.830. The van der Waals surface area contributed by atoms with Crippen molar-refractivity contribution >= 4 is 0 Å². The first-order valence-corrected chi connectivity index (χ1v) is 7.37. The quantitative estimate of drug-likeness (QED) is 0.865. The molecule has 1 N–H and O–H groups in total. The molecule has 0 radical (unpaired) electrons. The zero-order valence-corrected chi connectivity index (χ0v) is 12.0. The molecule has 3 heteroatoms. The van der Waals surface area contributed by atoms with Gasteiger partial charge in [0.1, 0.15) is 5.76 Å². The highest BCUT2D eigenvalue weighted by Gasteiger charge is 2.22. The van der Waals surface area contributed by atoms with Crippen molar-refractivity contribution < 1.29 is 4.52 Å². The van der Waals surface area contributed by atoms with Crippen molar-refractivity contribution in [2.75, 3.05) is 0 Å². The van der Waals surface area contributed by atoms with Crippen molar-refractivity contribution in [1.82, 2.24) is 10.5 Å². The highest BCUT2D eigenvalue weighted by Crippen LogP contribution is 2.28. The molecule has 1 aromatic rings. The van der Waals surface area contributed by atoms with Crippen molar-refractivity contribution in [1.29, 1.82) is 0 Å². The smallest absolute Gasteiger partial charge is 0.138 e. The molecule has 0 aliphatic heterocycles. The molecule has 0 amide bonds. The molecule has 0 saturated heterocycles. The number of nitrogens with one attached hydrogen (secondary N) is 1. The third kappa shape index (κ3) is 3.14. The second-order valence-electron chi connectivity index (χ2n) is 5.60. The number of hydrogen-bond acceptors (Lipinski definition) is 3. The lowest BCUT2D eigenvalue weighted by Gasteiger charge is -2.30. The molecule has 1 aromatic heterocycles. The maximum atomic E-state index is 5.22. The van der Waals surface area contributed by atoms with Gasteiger partial charge in [0, 0.05) is 18.2 Å². The van der Waals surface area contributed by atoms with Crippen molar-refractivity contribution in [3.63, 3.8) is 0 Å². The summed E-state index contributed by atoms with van der Waals surface area (Å²) < 4.78 is 5.22. The van der Waals surface area contributed by atoms with Crippen LogP contribution < -0.4 is 5.32 Å². The number of rotatable bonds is 5. The number of nitrogens with zero attached hydrogens (tertiary/aromatic N) is 1. The van der Waals surface area contributed by atoms with Crippen molar-refractivity contribution in [2.24, 2.45) is 5.92 Å². The van der Waals surface area contributed by atoms with Gasteiger partial charge < -0.3 is 9.84 Å². The summed E-state index contributed by atoms with van der Waals surface area (Å²) in [5.41, 5.74) is 2.27. The zero-order chi connectivity index (χ0) is 13.0. The molecule has 1 aliphatic rings. The van der Waals surface area contributed by atoms with E-state index in [9.17, 15) is 0 Å². The average molecular weight is 250 g/mol. The van der Waals surface area contributed by atoms with E-state index in [2.05, 4.69) is 17.4 Å². The highest BCUT2D eigenvalue weighted by molar-refractivity contribution is 5.20. The topological polar surface area (TPSA) is 38.1 Å². The fraction of sp³-hybridized carbons (Fsp3) is 0.800. The van der Waals surface area contributed by atoms with Crippen LogP contribution in [0.15, 0.2) is 4.52 Å². The van der Waals surface area contributed by atoms with Crippen LogP contribution in [0.4, 0.5) is 0 Å². The summed E-state index contributed by atoms with van der Waals surface area (Å²) in [5, 5.41) is 7.74. The first-order valence-electron chi connectivity index (χ1n) is 7.37. The Morgan fingerprint density at radius 1 is 1.28 bits per heavy atom. The third-order valence-electron chi connectivity index (χ3n) is 4.38. The Bertz CT molecular complexity index is 347. The maximum absolute atomic E-state index is 5.22. The highest BCUT2D eigenvalue weighted by atomic mass is 16.5. The van der Waals surface area contributed by atoms with Crippen LogP contribution in [-0.2, 0) is 6.54 Å². The van der Waals surface area contributed by atoms with E-state index < -0.39 is 0 Å². The van der Waals surface area contributed by atoms with Crippen molar-refractivity contribution in [3.8, 4) is 0 Å². The second kappa shape index (κ2) is 6.37. The molecule has 0 aromatic carbocycles. The van der Waals surface area contributed by atoms with Crippen LogP contribution in [0, 0.1) is 19.8 Å². The van der Waals surface area contributed by atoms with E-state index in [1.54, 1.807) is 0 Å². The molecule has 102 valence electrons. The van der Waals surface area contributed by atoms with E-state index in [1.807, 2.05) is 13.8 Å². The predicted octanol–water partition coefficient (Wildman–Crippen LogP) is 3.74. The number of hydrogen-bond donors (Lipinski definition) is 1. The average Bonchev–Trinajstić information content (AvgIpc) is 2.72. The summed E-state index contributed by atoms with van der Waals surface area (Å²) >= 11 is 0. The number of aryl methyl sites for hydroxylation is 2. The standard InChI is InChI=1S/C15H26N2O/c1-4-15(13-8-6-5-7-9-13)16-10-14-11(2)17-18-12(14)3/h13,15-16H,4-10H2,1-3H3. The van der Waals surface area contributed by atoms with Crippen molar-refractivity contribution in [2.45, 2.75) is 71.9 Å². The Labute approximate surface area is 110 Å². The molecule has 3 nitrogen and oxygen atoms in total. The van der Waals surface area contributed by atoms with Crippen molar-refractivity contribution in [3.05, 3.63) is 17.0 Å². The summed E-state index contributed by atoms with van der Waals surface area (Å²) in [6.45, 7) is 7.21. The van der Waals surface area contributed by atoms with Crippen LogP contribution >= 0.6 is 0 Å². The van der Waals surface area contributed by atoms with Crippen LogP contribution in [0.2, 0.25) is 0 Å². The van der Waals surface area contributed by atoms with Crippen LogP contribution in [0.3, 0.4) is 0 Å². The van der Waals surface area contributed by atoms with Gasteiger partial charge in [-0.25, -0.2) is 0 Å². The third-order valence-corrected chi connectivity index (χ3v) is 4.38. The first kappa shape index (κ1) is 13.6. The molecule has 1 fully saturated rings. The fourth-order valence-electron chi connectivity index (χ4n) is 3.17. The van der Waals surface area contributed by atoms with Gasteiger partial charge in [-0.2, -0.15) is 0 Å². The minimum absolute atomic E-state index is 0.652. The molecule has 0 bridgehead atoms. The molecule has 1 atom stereocenters. The van der Waals surface area contributed by atoms with Gasteiger partial charge in [-0.1, -0.05) is 31.3 Å². The molecule has 1 aliphatic carbocycles. The Balaban J connectivity index is 1.90. The van der Waals surface area contributed by atoms with Gasteiger partial charge in [0.2, 0.25) is 0 Å². The van der Waals surface area contributed by atoms with Crippen LogP contribution in [0.25, 0.3) is 0 Å². The summed E-state index contributed by atoms with van der Waals surface area (Å²) in [5.74, 6) is 1.82. The maximum Gasteiger partial charge on any atom is 0.138 e. The fourth-order valence-corrected chi connectivity index (χ4v) is 3.17. The SMILES string of the molecule is CCC(NCc1c(C)noc1C)C1CCCCC1. The van der Waals surface area contributed by atoms with Gasteiger partial charge in [0.15, 0.2) is 0 Å². The molecule has 18 heavy (non-hydrogen) atoms. The molecule has 0 spiro atoms. The van der Waals surface area contributed by atoms with E-state index in [-0.39, 0.29) is 0 Å². The lowest BCUT2D eigenvalue weighted by Crippen LogP contribution is -2.36. The summed E-state index contributed by atoms with van der Waals surface area (Å²) in [6.07, 6.45) is 8.26. The van der Waals surface area contributed by atoms with Gasteiger partial charge in [-0.05, 0) is 39.0 Å². The van der Waals surface area contributed by atoms with E-state index in [1.165, 1.54) is 44.1 Å². The summed E-state index contributed by atoms with van der Waals surface area (Å²) in [6, 6.07) is 0.652. The molecule has 1 unspecified atom stereocenters. The van der Waals surface area contributed by atoms with E-state index in [0.717, 1.165) is 23.9 Å². The molecular weight excluding hydrogens is 224 g/mol. The summed E-state index contributed by atoms with van der Waals surface area (Å²) in [7, 11) is 0. The van der Waals surface area contributed by atoms with Gasteiger partial charge in [0.05, 0.1) is 5.69 Å². The minimum Gasteiger partial charge on any atom is -0.361 e. The van der Waals surface area contributed by atoms with Gasteiger partial charge in [-0.15, -0.1) is 0 Å². The van der Waals surface area contributed by atoms with E-state index >= 15 is 0 Å². The molecular formula is C15H26N2O. The largest absolute Gasteiger partial charge is 0.361 e. The van der Waals surface area contributed by atoms with E-state index in [4.69, 9.17) is 4.52 Å².